The van der Waals surface area contributed by atoms with Crippen molar-refractivity contribution in [2.24, 2.45) is 0 Å². The van der Waals surface area contributed by atoms with Gasteiger partial charge < -0.3 is 56.5 Å². The van der Waals surface area contributed by atoms with Crippen molar-refractivity contribution in [2.75, 3.05) is 59.1 Å². The number of aliphatic hydroxyl groups is 3. The van der Waals surface area contributed by atoms with E-state index in [1.165, 1.54) is 0 Å². The molecule has 25 nitrogen and oxygen atoms in total. The van der Waals surface area contributed by atoms with Gasteiger partial charge >= 0.3 is 47.5 Å². The number of hydroxylamine groups is 6. The Morgan fingerprint density at radius 2 is 0.630 bits per heavy atom. The largest absolute Gasteiger partial charge is 1.00 e. The smallest absolute Gasteiger partial charge is 0.549 e. The van der Waals surface area contributed by atoms with E-state index in [1.807, 2.05) is 15.2 Å². The number of carboxylic acids is 4. The van der Waals surface area contributed by atoms with E-state index in [1.54, 1.807) is 62.3 Å². The maximum atomic E-state index is 11.3. The second-order valence-corrected chi connectivity index (χ2v) is 27.4. The number of piperidine rings is 3. The van der Waals surface area contributed by atoms with Crippen molar-refractivity contribution < 1.29 is 113 Å². The fourth-order valence-electron chi connectivity index (χ4n) is 11.1. The zero-order valence-corrected chi connectivity index (χ0v) is 55.2. The molecule has 9 N–H and O–H groups in total. The monoisotopic (exact) mass is 1170 g/mol. The minimum Gasteiger partial charge on any atom is -0.549 e. The number of rotatable bonds is 23. The molecule has 26 heteroatoms. The molecule has 3 fully saturated rings. The van der Waals surface area contributed by atoms with Crippen LogP contribution in [0.2, 0.25) is 0 Å². The van der Waals surface area contributed by atoms with Crippen LogP contribution in [0.5, 0.6) is 0 Å². The van der Waals surface area contributed by atoms with Crippen molar-refractivity contribution in [1.82, 2.24) is 40.9 Å². The van der Waals surface area contributed by atoms with Gasteiger partial charge in [0.1, 0.15) is 0 Å². The number of hydrogen-bond acceptors (Lipinski definition) is 19. The quantitative estimate of drug-likeness (QED) is 0.0562. The molecule has 0 radical (unpaired) electrons. The number of hydrogen-bond donors (Lipinski definition) is 9. The standard InChI is InChI=1S/3C15H30N2O3.C10H16N2O8.Na/c3*1-11(18)16-12-8-13(2,3)17(14(4,5)9-12)20-10-15(6,7)19;13-7(14)3-11(4-8(15)16)1-2-12(5-9(17)18)6-10(19)20;/h3*12,19H,8-10H2,1-7H3,(H,16,18);1-6H2,(H,13,14)(H,15,16)(H,17,18)(H,19,20);/q;;;;+1/p-1. The molecular formula is C55H105N8NaO17. The van der Waals surface area contributed by atoms with Crippen LogP contribution in [-0.4, -0.2) is 224 Å². The molecule has 3 rings (SSSR count). The molecule has 0 bridgehead atoms. The zero-order valence-electron chi connectivity index (χ0n) is 53.2. The van der Waals surface area contributed by atoms with E-state index in [9.17, 15) is 54.0 Å². The van der Waals surface area contributed by atoms with Gasteiger partial charge in [0.2, 0.25) is 17.7 Å². The first-order valence-electron chi connectivity index (χ1n) is 27.3. The number of carbonyl (C=O) groups excluding carboxylic acids is 4. The van der Waals surface area contributed by atoms with Crippen molar-refractivity contribution >= 4 is 41.6 Å². The van der Waals surface area contributed by atoms with E-state index >= 15 is 0 Å². The summed E-state index contributed by atoms with van der Waals surface area (Å²) >= 11 is 0. The summed E-state index contributed by atoms with van der Waals surface area (Å²) in [4.78, 5) is 95.7. The number of carboxylic acid groups (broad SMARTS) is 4. The molecule has 0 atom stereocenters. The normalized spacial score (nSPS) is 20.1. The van der Waals surface area contributed by atoms with E-state index in [0.717, 1.165) is 48.3 Å². The van der Waals surface area contributed by atoms with Gasteiger partial charge in [-0.2, -0.15) is 15.2 Å². The third-order valence-corrected chi connectivity index (χ3v) is 12.8. The van der Waals surface area contributed by atoms with Crippen molar-refractivity contribution in [3.05, 3.63) is 0 Å². The van der Waals surface area contributed by atoms with Crippen LogP contribution in [0.4, 0.5) is 0 Å². The van der Waals surface area contributed by atoms with Gasteiger partial charge in [0.25, 0.3) is 0 Å². The SMILES string of the molecule is CC(=O)NC1CC(C)(C)N(OCC(C)(C)O)C(C)(C)C1.CC(=O)NC1CC(C)(C)N(OCC(C)(C)O)C(C)(C)C1.CC(=O)NC1CC(C)(C)N(OCC(C)(C)O)C(C)(C)C1.O=C([O-])CN(CCN(CC(=O)O)CC(=O)O)CC(=O)O.[Na+]. The van der Waals surface area contributed by atoms with Gasteiger partial charge in [-0.15, -0.1) is 0 Å². The van der Waals surface area contributed by atoms with E-state index in [4.69, 9.17) is 29.8 Å². The molecule has 3 aliphatic heterocycles. The van der Waals surface area contributed by atoms with Gasteiger partial charge in [0.15, 0.2) is 0 Å². The Bertz CT molecular complexity index is 1750. The zero-order chi connectivity index (χ0) is 63.0. The third kappa shape index (κ3) is 33.2. The maximum absolute atomic E-state index is 11.3. The van der Waals surface area contributed by atoms with Gasteiger partial charge in [0, 0.05) is 91.8 Å². The molecule has 468 valence electrons. The summed E-state index contributed by atoms with van der Waals surface area (Å²) < 4.78 is 0. The fourth-order valence-corrected chi connectivity index (χ4v) is 11.1. The summed E-state index contributed by atoms with van der Waals surface area (Å²) in [6, 6.07) is 0.457. The van der Waals surface area contributed by atoms with Crippen LogP contribution in [-0.2, 0) is 48.1 Å². The summed E-state index contributed by atoms with van der Waals surface area (Å²) in [6.45, 7) is 38.6. The molecule has 0 aromatic carbocycles. The molecule has 0 aromatic rings. The van der Waals surface area contributed by atoms with Gasteiger partial charge in [-0.1, -0.05) is 0 Å². The number of nitrogens with one attached hydrogen (secondary N) is 3. The Kier molecular flexibility index (Phi) is 31.9. The predicted octanol–water partition coefficient (Wildman–Crippen LogP) is -0.862. The average molecular weight is 1170 g/mol. The van der Waals surface area contributed by atoms with Crippen LogP contribution in [0.25, 0.3) is 0 Å². The number of carbonyl (C=O) groups is 7. The molecule has 3 saturated heterocycles. The summed E-state index contributed by atoms with van der Waals surface area (Å²) in [5.41, 5.74) is -3.83. The van der Waals surface area contributed by atoms with Crippen molar-refractivity contribution in [1.29, 1.82) is 0 Å². The minimum atomic E-state index is -1.48. The second-order valence-electron chi connectivity index (χ2n) is 27.4. The topological polar surface area (TPSA) is 344 Å². The van der Waals surface area contributed by atoms with Crippen molar-refractivity contribution in [2.45, 2.75) is 252 Å². The third-order valence-electron chi connectivity index (χ3n) is 12.8. The van der Waals surface area contributed by atoms with Crippen LogP contribution < -0.4 is 50.6 Å². The van der Waals surface area contributed by atoms with Crippen molar-refractivity contribution in [3.8, 4) is 0 Å². The fraction of sp³-hybridized carbons (Fsp3) is 0.873. The molecule has 3 aliphatic rings. The summed E-state index contributed by atoms with van der Waals surface area (Å²) in [6.07, 6.45) is 4.93. The molecule has 0 aromatic heterocycles. The van der Waals surface area contributed by atoms with E-state index < -0.39 is 66.9 Å². The molecule has 0 spiro atoms. The van der Waals surface area contributed by atoms with E-state index in [2.05, 4.69) is 99.0 Å². The first-order valence-corrected chi connectivity index (χ1v) is 27.3. The Hall–Kier alpha value is -3.15. The van der Waals surface area contributed by atoms with Crippen LogP contribution >= 0.6 is 0 Å². The Morgan fingerprint density at radius 1 is 0.444 bits per heavy atom. The maximum Gasteiger partial charge on any atom is 1.00 e. The van der Waals surface area contributed by atoms with E-state index in [-0.39, 0.29) is 132 Å². The van der Waals surface area contributed by atoms with E-state index in [0.29, 0.717) is 0 Å². The Balaban J connectivity index is 0. The van der Waals surface area contributed by atoms with Crippen LogP contribution in [0.15, 0.2) is 0 Å². The van der Waals surface area contributed by atoms with Crippen LogP contribution in [0.3, 0.4) is 0 Å². The summed E-state index contributed by atoms with van der Waals surface area (Å²) in [5, 5.41) is 80.8. The first kappa shape index (κ1) is 79.9. The summed E-state index contributed by atoms with van der Waals surface area (Å²) in [7, 11) is 0. The second kappa shape index (κ2) is 32.4. The Morgan fingerprint density at radius 3 is 0.778 bits per heavy atom. The van der Waals surface area contributed by atoms with Crippen molar-refractivity contribution in [3.63, 3.8) is 0 Å². The Labute approximate surface area is 504 Å². The molecule has 0 unspecified atom stereocenters. The molecule has 81 heavy (non-hydrogen) atoms. The number of aliphatic carboxylic acids is 4. The van der Waals surface area contributed by atoms with Gasteiger partial charge in [0.05, 0.1) is 62.2 Å². The molecule has 0 saturated carbocycles. The molecule has 3 heterocycles. The van der Waals surface area contributed by atoms with Gasteiger partial charge in [-0.25, -0.2) is 0 Å². The number of amides is 3. The van der Waals surface area contributed by atoms with Crippen LogP contribution in [0, 0.1) is 0 Å². The first-order chi connectivity index (χ1) is 35.7. The van der Waals surface area contributed by atoms with Crippen LogP contribution in [0.1, 0.15) is 184 Å². The molecule has 0 aliphatic carbocycles. The average Bonchev–Trinajstić information content (AvgIpc) is 3.14. The van der Waals surface area contributed by atoms with Gasteiger partial charge in [-0.05, 0) is 163 Å². The summed E-state index contributed by atoms with van der Waals surface area (Å²) in [5.74, 6) is -5.19. The predicted molar refractivity (Wildman–Crippen MR) is 298 cm³/mol. The number of nitrogens with zero attached hydrogens (tertiary/aromatic N) is 5. The molecular weight excluding hydrogens is 1070 g/mol. The minimum absolute atomic E-state index is 0. The molecule has 3 amide bonds. The van der Waals surface area contributed by atoms with Gasteiger partial charge in [-0.3, -0.25) is 53.1 Å².